The second-order valence-corrected chi connectivity index (χ2v) is 3.47. The zero-order valence-corrected chi connectivity index (χ0v) is 9.93. The summed E-state index contributed by atoms with van der Waals surface area (Å²) in [5.74, 6) is -0.192. The first-order valence-corrected chi connectivity index (χ1v) is 5.27. The van der Waals surface area contributed by atoms with E-state index in [0.29, 0.717) is 6.54 Å². The van der Waals surface area contributed by atoms with Gasteiger partial charge in [0.15, 0.2) is 0 Å². The highest BCUT2D eigenvalue weighted by molar-refractivity contribution is 6.34. The summed E-state index contributed by atoms with van der Waals surface area (Å²) in [6.07, 6.45) is 0.723. The van der Waals surface area contributed by atoms with Gasteiger partial charge in [0.25, 0.3) is 0 Å². The number of carboxylic acids is 1. The molecular weight excluding hydrogens is 220 g/mol. The number of carbonyl (C=O) groups is 1. The molecule has 1 aromatic carbocycles. The van der Waals surface area contributed by atoms with Gasteiger partial charge in [0, 0.05) is 6.54 Å². The van der Waals surface area contributed by atoms with Gasteiger partial charge in [-0.1, -0.05) is 18.2 Å². The van der Waals surface area contributed by atoms with Crippen LogP contribution in [0.2, 0.25) is 0 Å². The van der Waals surface area contributed by atoms with Crippen molar-refractivity contribution in [1.29, 1.82) is 0 Å². The normalized spacial score (nSPS) is 11.1. The lowest BCUT2D eigenvalue weighted by Crippen LogP contribution is -2.17. The molecule has 0 aliphatic rings. The molecule has 0 aliphatic carbocycles. The van der Waals surface area contributed by atoms with Crippen molar-refractivity contribution in [3.8, 4) is 5.75 Å². The molecule has 0 amide bonds. The van der Waals surface area contributed by atoms with Gasteiger partial charge in [0.05, 0.1) is 7.11 Å². The molecule has 0 unspecified atom stereocenters. The van der Waals surface area contributed by atoms with E-state index in [2.05, 4.69) is 10.5 Å². The van der Waals surface area contributed by atoms with Crippen LogP contribution in [-0.4, -0.2) is 30.4 Å². The van der Waals surface area contributed by atoms with Crippen LogP contribution in [0.1, 0.15) is 12.5 Å². The smallest absolute Gasteiger partial charge is 0.351 e. The number of para-hydroxylation sites is 1. The van der Waals surface area contributed by atoms with E-state index < -0.39 is 5.97 Å². The minimum atomic E-state index is -1.02. The van der Waals surface area contributed by atoms with Gasteiger partial charge in [-0.05, 0) is 25.0 Å². The van der Waals surface area contributed by atoms with Gasteiger partial charge in [-0.2, -0.15) is 5.10 Å². The van der Waals surface area contributed by atoms with Gasteiger partial charge in [-0.3, -0.25) is 0 Å². The van der Waals surface area contributed by atoms with Crippen molar-refractivity contribution in [2.24, 2.45) is 5.10 Å². The second kappa shape index (κ2) is 6.52. The number of aliphatic carboxylic acids is 1. The Bertz CT molecular complexity index is 416. The van der Waals surface area contributed by atoms with E-state index in [9.17, 15) is 4.79 Å². The largest absolute Gasteiger partial charge is 0.496 e. The van der Waals surface area contributed by atoms with Crippen molar-refractivity contribution in [2.75, 3.05) is 13.7 Å². The number of rotatable bonds is 6. The first-order valence-electron chi connectivity index (χ1n) is 5.27. The molecular formula is C12H16N2O3. The Morgan fingerprint density at radius 1 is 1.47 bits per heavy atom. The average Bonchev–Trinajstić information content (AvgIpc) is 2.34. The monoisotopic (exact) mass is 236 g/mol. The van der Waals surface area contributed by atoms with Crippen molar-refractivity contribution in [3.63, 3.8) is 0 Å². The molecule has 0 aromatic heterocycles. The van der Waals surface area contributed by atoms with Crippen LogP contribution in [0.4, 0.5) is 0 Å². The van der Waals surface area contributed by atoms with Gasteiger partial charge in [0.2, 0.25) is 0 Å². The molecule has 92 valence electrons. The van der Waals surface area contributed by atoms with E-state index in [0.717, 1.165) is 17.7 Å². The predicted octanol–water partition coefficient (Wildman–Crippen LogP) is 1.29. The summed E-state index contributed by atoms with van der Waals surface area (Å²) in [4.78, 5) is 10.5. The second-order valence-electron chi connectivity index (χ2n) is 3.47. The van der Waals surface area contributed by atoms with Crippen LogP contribution in [0.25, 0.3) is 0 Å². The van der Waals surface area contributed by atoms with E-state index >= 15 is 0 Å². The van der Waals surface area contributed by atoms with Crippen LogP contribution in [0.5, 0.6) is 5.75 Å². The first-order chi connectivity index (χ1) is 8.15. The van der Waals surface area contributed by atoms with Crippen LogP contribution in [0.3, 0.4) is 0 Å². The summed E-state index contributed by atoms with van der Waals surface area (Å²) in [5.41, 5.74) is 3.82. The highest BCUT2D eigenvalue weighted by Gasteiger charge is 2.02. The number of nitrogens with one attached hydrogen (secondary N) is 1. The summed E-state index contributed by atoms with van der Waals surface area (Å²) >= 11 is 0. The SMILES string of the molecule is COc1ccccc1CCN/N=C(/C)C(=O)O. The third-order valence-electron chi connectivity index (χ3n) is 2.25. The molecule has 2 N–H and O–H groups in total. The number of hydrogen-bond acceptors (Lipinski definition) is 4. The number of methoxy groups -OCH3 is 1. The fourth-order valence-electron chi connectivity index (χ4n) is 1.32. The molecule has 1 aromatic rings. The molecule has 0 fully saturated rings. The number of carboxylic acid groups (broad SMARTS) is 1. The van der Waals surface area contributed by atoms with Gasteiger partial charge in [-0.15, -0.1) is 0 Å². The molecule has 0 spiro atoms. The molecule has 0 heterocycles. The Hall–Kier alpha value is -2.04. The highest BCUT2D eigenvalue weighted by Crippen LogP contribution is 2.17. The summed E-state index contributed by atoms with van der Waals surface area (Å²) < 4.78 is 5.20. The molecule has 17 heavy (non-hydrogen) atoms. The summed E-state index contributed by atoms with van der Waals surface area (Å²) in [6, 6.07) is 7.70. The van der Waals surface area contributed by atoms with Crippen molar-refractivity contribution in [1.82, 2.24) is 5.43 Å². The minimum Gasteiger partial charge on any atom is -0.496 e. The van der Waals surface area contributed by atoms with Crippen molar-refractivity contribution < 1.29 is 14.6 Å². The summed E-state index contributed by atoms with van der Waals surface area (Å²) in [7, 11) is 1.62. The van der Waals surface area contributed by atoms with Gasteiger partial charge < -0.3 is 15.3 Å². The van der Waals surface area contributed by atoms with Crippen LogP contribution in [-0.2, 0) is 11.2 Å². The topological polar surface area (TPSA) is 70.9 Å². The fraction of sp³-hybridized carbons (Fsp3) is 0.333. The van der Waals surface area contributed by atoms with Crippen molar-refractivity contribution in [3.05, 3.63) is 29.8 Å². The zero-order valence-electron chi connectivity index (χ0n) is 9.93. The molecule has 5 heteroatoms. The molecule has 5 nitrogen and oxygen atoms in total. The quantitative estimate of drug-likeness (QED) is 0.443. The van der Waals surface area contributed by atoms with E-state index in [1.165, 1.54) is 6.92 Å². The molecule has 0 atom stereocenters. The number of hydrazone groups is 1. The van der Waals surface area contributed by atoms with Gasteiger partial charge in [0.1, 0.15) is 11.5 Å². The first kappa shape index (κ1) is 13.0. The van der Waals surface area contributed by atoms with E-state index in [1.54, 1.807) is 7.11 Å². The van der Waals surface area contributed by atoms with E-state index in [-0.39, 0.29) is 5.71 Å². The predicted molar refractivity (Wildman–Crippen MR) is 65.4 cm³/mol. The Kier molecular flexibility index (Phi) is 5.00. The Morgan fingerprint density at radius 3 is 2.82 bits per heavy atom. The molecule has 0 saturated carbocycles. The number of hydrogen-bond donors (Lipinski definition) is 2. The highest BCUT2D eigenvalue weighted by atomic mass is 16.5. The number of nitrogens with zero attached hydrogens (tertiary/aromatic N) is 1. The maximum atomic E-state index is 10.5. The van der Waals surface area contributed by atoms with E-state index in [1.807, 2.05) is 24.3 Å². The van der Waals surface area contributed by atoms with Crippen LogP contribution in [0, 0.1) is 0 Å². The standard InChI is InChI=1S/C12H16N2O3/c1-9(12(15)16)14-13-8-7-10-5-3-4-6-11(10)17-2/h3-6,13H,7-8H2,1-2H3,(H,15,16)/b14-9-. The third-order valence-corrected chi connectivity index (χ3v) is 2.25. The summed E-state index contributed by atoms with van der Waals surface area (Å²) in [5, 5.41) is 12.3. The fourth-order valence-corrected chi connectivity index (χ4v) is 1.32. The van der Waals surface area contributed by atoms with Crippen molar-refractivity contribution in [2.45, 2.75) is 13.3 Å². The maximum Gasteiger partial charge on any atom is 0.351 e. The summed E-state index contributed by atoms with van der Waals surface area (Å²) in [6.45, 7) is 2.00. The van der Waals surface area contributed by atoms with Crippen molar-refractivity contribution >= 4 is 11.7 Å². The Morgan fingerprint density at radius 2 is 2.18 bits per heavy atom. The number of ether oxygens (including phenoxy) is 1. The zero-order chi connectivity index (χ0) is 12.7. The lowest BCUT2D eigenvalue weighted by Gasteiger charge is -2.07. The van der Waals surface area contributed by atoms with E-state index in [4.69, 9.17) is 9.84 Å². The third kappa shape index (κ3) is 4.14. The van der Waals surface area contributed by atoms with Gasteiger partial charge >= 0.3 is 5.97 Å². The lowest BCUT2D eigenvalue weighted by molar-refractivity contribution is -0.129. The van der Waals surface area contributed by atoms with Crippen LogP contribution < -0.4 is 10.2 Å². The average molecular weight is 236 g/mol. The van der Waals surface area contributed by atoms with Crippen LogP contribution in [0.15, 0.2) is 29.4 Å². The molecule has 0 aliphatic heterocycles. The molecule has 1 rings (SSSR count). The maximum absolute atomic E-state index is 10.5. The van der Waals surface area contributed by atoms with Gasteiger partial charge in [-0.25, -0.2) is 4.79 Å². The Balaban J connectivity index is 2.46. The van der Waals surface area contributed by atoms with Crippen LogP contribution >= 0.6 is 0 Å². The Labute approximate surface area is 100 Å². The molecule has 0 bridgehead atoms. The molecule has 0 radical (unpaired) electrons. The molecule has 0 saturated heterocycles. The number of benzene rings is 1. The minimum absolute atomic E-state index is 0.0463. The lowest BCUT2D eigenvalue weighted by atomic mass is 10.1.